The Morgan fingerprint density at radius 3 is 1.62 bits per heavy atom. The second-order valence-corrected chi connectivity index (χ2v) is 10.5. The van der Waals surface area contributed by atoms with Crippen molar-refractivity contribution in [3.63, 3.8) is 0 Å². The number of hydrogen-bond acceptors (Lipinski definition) is 0. The van der Waals surface area contributed by atoms with Gasteiger partial charge in [-0.3, -0.25) is 0 Å². The Kier molecular flexibility index (Phi) is 5.57. The smallest absolute Gasteiger partial charge is 0.0123 e. The first kappa shape index (κ1) is 20.5. The minimum Gasteiger partial charge on any atom is -0.0614 e. The van der Waals surface area contributed by atoms with Crippen LogP contribution in [0.1, 0.15) is 90.1 Å². The van der Waals surface area contributed by atoms with Gasteiger partial charge < -0.3 is 0 Å². The highest BCUT2D eigenvalue weighted by molar-refractivity contribution is 5.73. The Balaban J connectivity index is 2.45. The highest BCUT2D eigenvalue weighted by atomic mass is 14.3. The van der Waals surface area contributed by atoms with Crippen LogP contribution in [-0.4, -0.2) is 0 Å². The molecule has 26 heavy (non-hydrogen) atoms. The molecule has 0 N–H and O–H groups in total. The SMILES string of the molecule is CC(C)(C)c1ccc(/C=C/c2cccc(C(C)(C)C)c2C(C)(C)C)cc1. The van der Waals surface area contributed by atoms with Crippen LogP contribution in [-0.2, 0) is 16.2 Å². The second-order valence-electron chi connectivity index (χ2n) is 10.5. The van der Waals surface area contributed by atoms with Gasteiger partial charge in [-0.2, -0.15) is 0 Å². The lowest BCUT2D eigenvalue weighted by molar-refractivity contribution is 0.529. The molecule has 0 aliphatic heterocycles. The van der Waals surface area contributed by atoms with E-state index in [1.165, 1.54) is 27.8 Å². The molecule has 0 spiro atoms. The molecule has 0 aromatic heterocycles. The Bertz CT molecular complexity index is 767. The predicted octanol–water partition coefficient (Wildman–Crippen LogP) is 7.75. The number of hydrogen-bond donors (Lipinski definition) is 0. The van der Waals surface area contributed by atoms with Gasteiger partial charge in [-0.15, -0.1) is 0 Å². The maximum Gasteiger partial charge on any atom is -0.0123 e. The van der Waals surface area contributed by atoms with Gasteiger partial charge in [-0.05, 0) is 44.1 Å². The van der Waals surface area contributed by atoms with E-state index in [1.807, 2.05) is 0 Å². The van der Waals surface area contributed by atoms with Gasteiger partial charge in [0.2, 0.25) is 0 Å². The van der Waals surface area contributed by atoms with Crippen molar-refractivity contribution in [3.8, 4) is 0 Å². The summed E-state index contributed by atoms with van der Waals surface area (Å²) < 4.78 is 0. The highest BCUT2D eigenvalue weighted by Gasteiger charge is 2.26. The van der Waals surface area contributed by atoms with E-state index in [0.29, 0.717) is 0 Å². The van der Waals surface area contributed by atoms with Gasteiger partial charge in [-0.25, -0.2) is 0 Å². The van der Waals surface area contributed by atoms with Crippen LogP contribution in [0.15, 0.2) is 42.5 Å². The van der Waals surface area contributed by atoms with Crippen molar-refractivity contribution in [2.24, 2.45) is 0 Å². The summed E-state index contributed by atoms with van der Waals surface area (Å²) >= 11 is 0. The van der Waals surface area contributed by atoms with Crippen molar-refractivity contribution >= 4 is 12.2 Å². The first-order chi connectivity index (χ1) is 11.8. The van der Waals surface area contributed by atoms with Crippen LogP contribution in [0.2, 0.25) is 0 Å². The summed E-state index contributed by atoms with van der Waals surface area (Å²) in [6, 6.07) is 15.7. The third-order valence-electron chi connectivity index (χ3n) is 4.89. The number of rotatable bonds is 2. The summed E-state index contributed by atoms with van der Waals surface area (Å²) in [6.07, 6.45) is 4.52. The molecular formula is C26H36. The molecule has 2 aromatic carbocycles. The van der Waals surface area contributed by atoms with Gasteiger partial charge in [0.15, 0.2) is 0 Å². The van der Waals surface area contributed by atoms with E-state index in [4.69, 9.17) is 0 Å². The lowest BCUT2D eigenvalue weighted by Gasteiger charge is -2.31. The predicted molar refractivity (Wildman–Crippen MR) is 118 cm³/mol. The van der Waals surface area contributed by atoms with Gasteiger partial charge in [0.05, 0.1) is 0 Å². The summed E-state index contributed by atoms with van der Waals surface area (Å²) in [7, 11) is 0. The Morgan fingerprint density at radius 1 is 0.577 bits per heavy atom. The molecule has 2 rings (SSSR count). The third-order valence-corrected chi connectivity index (χ3v) is 4.89. The first-order valence-electron chi connectivity index (χ1n) is 9.73. The van der Waals surface area contributed by atoms with Crippen molar-refractivity contribution in [2.45, 2.75) is 78.6 Å². The van der Waals surface area contributed by atoms with E-state index in [-0.39, 0.29) is 16.2 Å². The topological polar surface area (TPSA) is 0 Å². The summed E-state index contributed by atoms with van der Waals surface area (Å²) in [5, 5.41) is 0. The second kappa shape index (κ2) is 7.06. The average Bonchev–Trinajstić information content (AvgIpc) is 2.50. The lowest BCUT2D eigenvalue weighted by Crippen LogP contribution is -2.23. The van der Waals surface area contributed by atoms with E-state index >= 15 is 0 Å². The zero-order chi connectivity index (χ0) is 19.8. The molecule has 0 heterocycles. The molecule has 0 amide bonds. The molecule has 0 saturated heterocycles. The molecule has 0 heteroatoms. The van der Waals surface area contributed by atoms with E-state index in [9.17, 15) is 0 Å². The van der Waals surface area contributed by atoms with Crippen LogP contribution in [0.4, 0.5) is 0 Å². The molecule has 0 aliphatic carbocycles. The molecule has 0 radical (unpaired) electrons. The lowest BCUT2D eigenvalue weighted by atomic mass is 9.73. The Labute approximate surface area is 161 Å². The van der Waals surface area contributed by atoms with Crippen molar-refractivity contribution in [2.75, 3.05) is 0 Å². The standard InChI is InChI=1S/C26H36/c1-24(2,3)21-17-14-19(15-18-21)13-16-20-11-10-12-22(25(4,5)6)23(20)26(7,8)9/h10-18H,1-9H3/b16-13+. The Morgan fingerprint density at radius 2 is 1.15 bits per heavy atom. The summed E-state index contributed by atoms with van der Waals surface area (Å²) in [6.45, 7) is 20.6. The normalized spacial score (nSPS) is 13.4. The van der Waals surface area contributed by atoms with E-state index in [1.54, 1.807) is 0 Å². The third kappa shape index (κ3) is 4.87. The molecular weight excluding hydrogens is 312 g/mol. The van der Waals surface area contributed by atoms with Gasteiger partial charge in [-0.1, -0.05) is 117 Å². The number of benzene rings is 2. The van der Waals surface area contributed by atoms with Gasteiger partial charge in [0, 0.05) is 0 Å². The van der Waals surface area contributed by atoms with Crippen molar-refractivity contribution < 1.29 is 0 Å². The van der Waals surface area contributed by atoms with Crippen LogP contribution in [0.5, 0.6) is 0 Å². The zero-order valence-corrected chi connectivity index (χ0v) is 18.2. The molecule has 0 nitrogen and oxygen atoms in total. The van der Waals surface area contributed by atoms with Gasteiger partial charge in [0.25, 0.3) is 0 Å². The molecule has 0 unspecified atom stereocenters. The molecule has 140 valence electrons. The molecule has 0 atom stereocenters. The summed E-state index contributed by atoms with van der Waals surface area (Å²) in [5.41, 5.74) is 7.29. The van der Waals surface area contributed by atoms with E-state index < -0.39 is 0 Å². The minimum absolute atomic E-state index is 0.111. The Hall–Kier alpha value is -1.82. The zero-order valence-electron chi connectivity index (χ0n) is 18.2. The van der Waals surface area contributed by atoms with Crippen molar-refractivity contribution in [1.29, 1.82) is 0 Å². The minimum atomic E-state index is 0.111. The van der Waals surface area contributed by atoms with Crippen LogP contribution >= 0.6 is 0 Å². The van der Waals surface area contributed by atoms with Crippen LogP contribution in [0.25, 0.3) is 12.2 Å². The maximum atomic E-state index is 2.31. The van der Waals surface area contributed by atoms with Crippen molar-refractivity contribution in [1.82, 2.24) is 0 Å². The fraction of sp³-hybridized carbons (Fsp3) is 0.462. The van der Waals surface area contributed by atoms with Gasteiger partial charge >= 0.3 is 0 Å². The summed E-state index contributed by atoms with van der Waals surface area (Å²) in [5.74, 6) is 0. The monoisotopic (exact) mass is 348 g/mol. The summed E-state index contributed by atoms with van der Waals surface area (Å²) in [4.78, 5) is 0. The first-order valence-corrected chi connectivity index (χ1v) is 9.73. The van der Waals surface area contributed by atoms with Crippen molar-refractivity contribution in [3.05, 3.63) is 70.3 Å². The van der Waals surface area contributed by atoms with Gasteiger partial charge in [0.1, 0.15) is 0 Å². The maximum absolute atomic E-state index is 2.31. The fourth-order valence-corrected chi connectivity index (χ4v) is 3.45. The molecule has 0 fully saturated rings. The quantitative estimate of drug-likeness (QED) is 0.487. The van der Waals surface area contributed by atoms with E-state index in [0.717, 1.165) is 0 Å². The fourth-order valence-electron chi connectivity index (χ4n) is 3.45. The molecule has 0 bridgehead atoms. The largest absolute Gasteiger partial charge is 0.0614 e. The van der Waals surface area contributed by atoms with E-state index in [2.05, 4.69) is 117 Å². The molecule has 0 saturated carbocycles. The molecule has 0 aliphatic rings. The average molecular weight is 349 g/mol. The van der Waals surface area contributed by atoms with Crippen LogP contribution < -0.4 is 0 Å². The molecule has 2 aromatic rings. The van der Waals surface area contributed by atoms with Crippen LogP contribution in [0.3, 0.4) is 0 Å². The highest BCUT2D eigenvalue weighted by Crippen LogP contribution is 2.37. The van der Waals surface area contributed by atoms with Crippen LogP contribution in [0, 0.1) is 0 Å².